The van der Waals surface area contributed by atoms with E-state index < -0.39 is 5.41 Å². The molecule has 146 valence electrons. The summed E-state index contributed by atoms with van der Waals surface area (Å²) in [5.74, 6) is 2.12. The first-order valence-electron chi connectivity index (χ1n) is 10.7. The second kappa shape index (κ2) is 6.31. The summed E-state index contributed by atoms with van der Waals surface area (Å²) >= 11 is 0. The average molecular weight is 369 g/mol. The third-order valence-electron chi connectivity index (χ3n) is 7.63. The fourth-order valence-electron chi connectivity index (χ4n) is 5.78. The van der Waals surface area contributed by atoms with Gasteiger partial charge in [0.2, 0.25) is 5.91 Å². The first-order valence-corrected chi connectivity index (χ1v) is 10.7. The van der Waals surface area contributed by atoms with Crippen LogP contribution in [0.3, 0.4) is 0 Å². The van der Waals surface area contributed by atoms with E-state index in [2.05, 4.69) is 10.2 Å². The van der Waals surface area contributed by atoms with Gasteiger partial charge in [-0.1, -0.05) is 30.3 Å². The van der Waals surface area contributed by atoms with Gasteiger partial charge >= 0.3 is 0 Å². The molecule has 1 aliphatic carbocycles. The molecule has 1 aromatic rings. The number of benzene rings is 1. The molecule has 27 heavy (non-hydrogen) atoms. The SMILES string of the molecule is CC(C)(C(=O)NC[C@H]1[C@H]2CN(CC3CC3)C[C@]23CC[C@H]1O3)c1ccccc1. The molecular weight excluding hydrogens is 336 g/mol. The summed E-state index contributed by atoms with van der Waals surface area (Å²) in [5.41, 5.74) is 0.647. The molecule has 5 rings (SSSR count). The minimum atomic E-state index is -0.509. The Kier molecular flexibility index (Phi) is 4.14. The molecule has 1 spiro atoms. The van der Waals surface area contributed by atoms with E-state index in [1.165, 1.54) is 25.8 Å². The second-order valence-electron chi connectivity index (χ2n) is 9.87. The van der Waals surface area contributed by atoms with Crippen molar-refractivity contribution in [1.29, 1.82) is 0 Å². The van der Waals surface area contributed by atoms with E-state index >= 15 is 0 Å². The number of likely N-dealkylation sites (tertiary alicyclic amines) is 1. The molecule has 4 aliphatic rings. The van der Waals surface area contributed by atoms with Crippen molar-refractivity contribution >= 4 is 5.91 Å². The number of hydrogen-bond acceptors (Lipinski definition) is 3. The van der Waals surface area contributed by atoms with E-state index in [-0.39, 0.29) is 11.5 Å². The highest BCUT2D eigenvalue weighted by molar-refractivity contribution is 5.87. The monoisotopic (exact) mass is 368 g/mol. The predicted octanol–water partition coefficient (Wildman–Crippen LogP) is 2.97. The van der Waals surface area contributed by atoms with Crippen LogP contribution >= 0.6 is 0 Å². The lowest BCUT2D eigenvalue weighted by atomic mass is 9.73. The molecule has 1 N–H and O–H groups in total. The summed E-state index contributed by atoms with van der Waals surface area (Å²) in [5, 5.41) is 3.29. The van der Waals surface area contributed by atoms with Crippen molar-refractivity contribution in [2.45, 2.75) is 56.7 Å². The van der Waals surface area contributed by atoms with Crippen LogP contribution in [0.5, 0.6) is 0 Å². The Labute approximate surface area is 162 Å². The molecular formula is C23H32N2O2. The first-order chi connectivity index (χ1) is 13.0. The molecule has 3 saturated heterocycles. The Morgan fingerprint density at radius 1 is 1.26 bits per heavy atom. The zero-order valence-corrected chi connectivity index (χ0v) is 16.6. The Hall–Kier alpha value is -1.39. The van der Waals surface area contributed by atoms with Gasteiger partial charge in [0.25, 0.3) is 0 Å². The van der Waals surface area contributed by atoms with Gasteiger partial charge in [0.05, 0.1) is 17.1 Å². The minimum absolute atomic E-state index is 0.0872. The van der Waals surface area contributed by atoms with Crippen molar-refractivity contribution < 1.29 is 9.53 Å². The Balaban J connectivity index is 1.24. The molecule has 4 atom stereocenters. The molecule has 2 bridgehead atoms. The summed E-state index contributed by atoms with van der Waals surface area (Å²) in [6.45, 7) is 8.32. The van der Waals surface area contributed by atoms with Gasteiger partial charge < -0.3 is 10.1 Å². The van der Waals surface area contributed by atoms with E-state index in [9.17, 15) is 4.79 Å². The van der Waals surface area contributed by atoms with E-state index in [0.29, 0.717) is 17.9 Å². The normalized spacial score (nSPS) is 35.4. The van der Waals surface area contributed by atoms with Crippen LogP contribution in [0.4, 0.5) is 0 Å². The van der Waals surface area contributed by atoms with Crippen LogP contribution in [0.25, 0.3) is 0 Å². The first kappa shape index (κ1) is 17.7. The quantitative estimate of drug-likeness (QED) is 0.839. The van der Waals surface area contributed by atoms with Crippen LogP contribution in [0.1, 0.15) is 45.1 Å². The van der Waals surface area contributed by atoms with Crippen LogP contribution in [0.15, 0.2) is 30.3 Å². The third kappa shape index (κ3) is 3.01. The number of hydrogen-bond donors (Lipinski definition) is 1. The van der Waals surface area contributed by atoms with Gasteiger partial charge in [-0.15, -0.1) is 0 Å². The molecule has 4 heteroatoms. The Morgan fingerprint density at radius 2 is 2.04 bits per heavy atom. The fraction of sp³-hybridized carbons (Fsp3) is 0.696. The molecule has 4 nitrogen and oxygen atoms in total. The smallest absolute Gasteiger partial charge is 0.230 e. The lowest BCUT2D eigenvalue weighted by Crippen LogP contribution is -2.46. The zero-order valence-electron chi connectivity index (χ0n) is 16.6. The van der Waals surface area contributed by atoms with E-state index in [0.717, 1.165) is 37.5 Å². The molecule has 3 heterocycles. The summed E-state index contributed by atoms with van der Waals surface area (Å²) in [6.07, 6.45) is 5.54. The van der Waals surface area contributed by atoms with Gasteiger partial charge in [0.1, 0.15) is 0 Å². The predicted molar refractivity (Wildman–Crippen MR) is 105 cm³/mol. The van der Waals surface area contributed by atoms with Crippen LogP contribution in [0, 0.1) is 17.8 Å². The number of amides is 1. The number of ether oxygens (including phenoxy) is 1. The number of carbonyl (C=O) groups excluding carboxylic acids is 1. The maximum atomic E-state index is 13.0. The minimum Gasteiger partial charge on any atom is -0.370 e. The maximum Gasteiger partial charge on any atom is 0.230 e. The molecule has 0 radical (unpaired) electrons. The molecule has 1 aromatic carbocycles. The summed E-state index contributed by atoms with van der Waals surface area (Å²) in [7, 11) is 0. The van der Waals surface area contributed by atoms with Crippen molar-refractivity contribution in [3.05, 3.63) is 35.9 Å². The number of fused-ring (bicyclic) bond motifs is 1. The molecule has 1 amide bonds. The van der Waals surface area contributed by atoms with E-state index in [1.54, 1.807) is 0 Å². The molecule has 4 fully saturated rings. The van der Waals surface area contributed by atoms with Crippen molar-refractivity contribution in [3.63, 3.8) is 0 Å². The van der Waals surface area contributed by atoms with Gasteiger partial charge in [-0.3, -0.25) is 9.69 Å². The standard InChI is InChI=1S/C23H32N2O2/c1-22(2,17-6-4-3-5-7-17)21(26)24-12-18-19-14-25(13-16-8-9-16)15-23(19)11-10-20(18)27-23/h3-7,16,18-20H,8-15H2,1-2H3,(H,24,26)/t18-,19+,20+,23+/m0/s1. The molecule has 0 aromatic heterocycles. The highest BCUT2D eigenvalue weighted by Crippen LogP contribution is 2.55. The van der Waals surface area contributed by atoms with Crippen molar-refractivity contribution in [3.8, 4) is 0 Å². The number of nitrogens with zero attached hydrogens (tertiary/aromatic N) is 1. The summed E-state index contributed by atoms with van der Waals surface area (Å²) < 4.78 is 6.54. The van der Waals surface area contributed by atoms with Crippen LogP contribution in [-0.4, -0.2) is 48.7 Å². The lowest BCUT2D eigenvalue weighted by Gasteiger charge is -2.31. The summed E-state index contributed by atoms with van der Waals surface area (Å²) in [6, 6.07) is 10.1. The lowest BCUT2D eigenvalue weighted by molar-refractivity contribution is -0.126. The molecule has 1 saturated carbocycles. The molecule has 0 unspecified atom stereocenters. The number of rotatable bonds is 6. The highest BCUT2D eigenvalue weighted by atomic mass is 16.5. The third-order valence-corrected chi connectivity index (χ3v) is 7.63. The van der Waals surface area contributed by atoms with Gasteiger partial charge in [-0.25, -0.2) is 0 Å². The van der Waals surface area contributed by atoms with Crippen LogP contribution in [0.2, 0.25) is 0 Å². The van der Waals surface area contributed by atoms with Gasteiger partial charge in [0, 0.05) is 38.0 Å². The van der Waals surface area contributed by atoms with Gasteiger partial charge in [0.15, 0.2) is 0 Å². The van der Waals surface area contributed by atoms with Crippen molar-refractivity contribution in [2.75, 3.05) is 26.2 Å². The van der Waals surface area contributed by atoms with Gasteiger partial charge in [-0.2, -0.15) is 0 Å². The summed E-state index contributed by atoms with van der Waals surface area (Å²) in [4.78, 5) is 15.6. The van der Waals surface area contributed by atoms with Gasteiger partial charge in [-0.05, 0) is 51.0 Å². The average Bonchev–Trinajstić information content (AvgIpc) is 3.16. The Morgan fingerprint density at radius 3 is 2.78 bits per heavy atom. The highest BCUT2D eigenvalue weighted by Gasteiger charge is 2.62. The topological polar surface area (TPSA) is 41.6 Å². The van der Waals surface area contributed by atoms with Crippen LogP contribution in [-0.2, 0) is 14.9 Å². The largest absolute Gasteiger partial charge is 0.370 e. The van der Waals surface area contributed by atoms with Crippen LogP contribution < -0.4 is 5.32 Å². The maximum absolute atomic E-state index is 13.0. The number of nitrogens with one attached hydrogen (secondary N) is 1. The molecule has 3 aliphatic heterocycles. The van der Waals surface area contributed by atoms with Crippen molar-refractivity contribution in [1.82, 2.24) is 10.2 Å². The fourth-order valence-corrected chi connectivity index (χ4v) is 5.78. The van der Waals surface area contributed by atoms with E-state index in [1.807, 2.05) is 44.2 Å². The number of carbonyl (C=O) groups is 1. The van der Waals surface area contributed by atoms with E-state index in [4.69, 9.17) is 4.74 Å². The Bertz CT molecular complexity index is 714. The zero-order chi connectivity index (χ0) is 18.6. The second-order valence-corrected chi connectivity index (χ2v) is 9.87. The van der Waals surface area contributed by atoms with Crippen molar-refractivity contribution in [2.24, 2.45) is 17.8 Å².